The van der Waals surface area contributed by atoms with Gasteiger partial charge in [0.05, 0.1) is 6.42 Å². The SMILES string of the molecule is CN=C(NCCC(=O)N(C)Cc1ccccc1Br)NCCC(F)(F)F. The molecule has 1 aromatic carbocycles. The van der Waals surface area contributed by atoms with Gasteiger partial charge in [-0.1, -0.05) is 34.1 Å². The van der Waals surface area contributed by atoms with Crippen molar-refractivity contribution in [3.63, 3.8) is 0 Å². The smallest absolute Gasteiger partial charge is 0.356 e. The third kappa shape index (κ3) is 8.76. The number of rotatable bonds is 7. The molecule has 0 saturated heterocycles. The van der Waals surface area contributed by atoms with Gasteiger partial charge in [0.2, 0.25) is 5.91 Å². The molecule has 0 aliphatic carbocycles. The van der Waals surface area contributed by atoms with E-state index < -0.39 is 12.6 Å². The van der Waals surface area contributed by atoms with Crippen LogP contribution in [0.5, 0.6) is 0 Å². The molecule has 0 spiro atoms. The fourth-order valence-corrected chi connectivity index (χ4v) is 2.40. The molecule has 9 heteroatoms. The Morgan fingerprint density at radius 3 is 2.48 bits per heavy atom. The Hall–Kier alpha value is -1.77. The van der Waals surface area contributed by atoms with Crippen molar-refractivity contribution in [1.82, 2.24) is 15.5 Å². The number of guanidine groups is 1. The lowest BCUT2D eigenvalue weighted by molar-refractivity contribution is -0.133. The lowest BCUT2D eigenvalue weighted by Gasteiger charge is -2.19. The van der Waals surface area contributed by atoms with Crippen LogP contribution in [0.25, 0.3) is 0 Å². The van der Waals surface area contributed by atoms with Crippen LogP contribution in [0, 0.1) is 0 Å². The molecule has 0 atom stereocenters. The van der Waals surface area contributed by atoms with E-state index >= 15 is 0 Å². The normalized spacial score (nSPS) is 12.0. The zero-order valence-corrected chi connectivity index (χ0v) is 15.7. The minimum Gasteiger partial charge on any atom is -0.356 e. The fourth-order valence-electron chi connectivity index (χ4n) is 1.99. The first-order valence-electron chi connectivity index (χ1n) is 7.71. The number of alkyl halides is 3. The molecule has 0 fully saturated rings. The molecule has 1 aromatic rings. The van der Waals surface area contributed by atoms with Crippen molar-refractivity contribution in [2.75, 3.05) is 27.2 Å². The number of aliphatic imine (C=N–C) groups is 1. The van der Waals surface area contributed by atoms with E-state index in [0.717, 1.165) is 10.0 Å². The highest BCUT2D eigenvalue weighted by atomic mass is 79.9. The maximum atomic E-state index is 12.1. The maximum Gasteiger partial charge on any atom is 0.390 e. The Morgan fingerprint density at radius 1 is 1.24 bits per heavy atom. The third-order valence-corrected chi connectivity index (χ3v) is 4.12. The number of halogens is 4. The first-order chi connectivity index (χ1) is 11.7. The van der Waals surface area contributed by atoms with Crippen molar-refractivity contribution < 1.29 is 18.0 Å². The van der Waals surface area contributed by atoms with E-state index in [4.69, 9.17) is 0 Å². The van der Waals surface area contributed by atoms with Gasteiger partial charge in [-0.2, -0.15) is 13.2 Å². The maximum absolute atomic E-state index is 12.1. The Labute approximate surface area is 153 Å². The molecular weight excluding hydrogens is 401 g/mol. The summed E-state index contributed by atoms with van der Waals surface area (Å²) in [5, 5.41) is 5.40. The van der Waals surface area contributed by atoms with E-state index in [1.807, 2.05) is 24.3 Å². The minimum absolute atomic E-state index is 0.0750. The van der Waals surface area contributed by atoms with Gasteiger partial charge >= 0.3 is 6.18 Å². The van der Waals surface area contributed by atoms with Crippen molar-refractivity contribution in [3.05, 3.63) is 34.3 Å². The van der Waals surface area contributed by atoms with Crippen LogP contribution in [-0.4, -0.2) is 50.1 Å². The highest BCUT2D eigenvalue weighted by Gasteiger charge is 2.26. The zero-order chi connectivity index (χ0) is 18.9. The van der Waals surface area contributed by atoms with Crippen molar-refractivity contribution in [1.29, 1.82) is 0 Å². The summed E-state index contributed by atoms with van der Waals surface area (Å²) in [6.45, 7) is 0.489. The highest BCUT2D eigenvalue weighted by molar-refractivity contribution is 9.10. The van der Waals surface area contributed by atoms with Crippen LogP contribution >= 0.6 is 15.9 Å². The van der Waals surface area contributed by atoms with E-state index in [0.29, 0.717) is 6.54 Å². The van der Waals surface area contributed by atoms with Crippen LogP contribution in [0.2, 0.25) is 0 Å². The molecule has 0 bridgehead atoms. The van der Waals surface area contributed by atoms with E-state index in [1.165, 1.54) is 7.05 Å². The van der Waals surface area contributed by atoms with Gasteiger partial charge in [-0.15, -0.1) is 0 Å². The molecule has 2 N–H and O–H groups in total. The van der Waals surface area contributed by atoms with E-state index in [2.05, 4.69) is 31.6 Å². The molecule has 140 valence electrons. The Morgan fingerprint density at radius 2 is 1.88 bits per heavy atom. The molecule has 0 saturated carbocycles. The predicted octanol–water partition coefficient (Wildman–Crippen LogP) is 2.92. The fraction of sp³-hybridized carbons (Fsp3) is 0.500. The average Bonchev–Trinajstić information content (AvgIpc) is 2.54. The monoisotopic (exact) mass is 422 g/mol. The molecule has 5 nitrogen and oxygen atoms in total. The number of hydrogen-bond acceptors (Lipinski definition) is 2. The number of carbonyl (C=O) groups is 1. The second-order valence-corrected chi connectivity index (χ2v) is 6.24. The van der Waals surface area contributed by atoms with Crippen molar-refractivity contribution in [2.24, 2.45) is 4.99 Å². The summed E-state index contributed by atoms with van der Waals surface area (Å²) in [6.07, 6.45) is -4.95. The number of carbonyl (C=O) groups excluding carboxylic acids is 1. The highest BCUT2D eigenvalue weighted by Crippen LogP contribution is 2.18. The largest absolute Gasteiger partial charge is 0.390 e. The quantitative estimate of drug-likeness (QED) is 0.524. The van der Waals surface area contributed by atoms with Crippen molar-refractivity contribution in [2.45, 2.75) is 25.6 Å². The summed E-state index contributed by atoms with van der Waals surface area (Å²) in [5.41, 5.74) is 0.996. The average molecular weight is 423 g/mol. The minimum atomic E-state index is -4.21. The topological polar surface area (TPSA) is 56.7 Å². The van der Waals surface area contributed by atoms with Gasteiger partial charge < -0.3 is 15.5 Å². The van der Waals surface area contributed by atoms with Crippen LogP contribution in [0.4, 0.5) is 13.2 Å². The van der Waals surface area contributed by atoms with Crippen molar-refractivity contribution >= 4 is 27.8 Å². The van der Waals surface area contributed by atoms with Gasteiger partial charge in [0.1, 0.15) is 0 Å². The van der Waals surface area contributed by atoms with E-state index in [-0.39, 0.29) is 31.4 Å². The molecular formula is C16H22BrF3N4O. The molecule has 0 unspecified atom stereocenters. The van der Waals surface area contributed by atoms with Crippen molar-refractivity contribution in [3.8, 4) is 0 Å². The first kappa shape index (κ1) is 21.3. The Bertz CT molecular complexity index is 593. The van der Waals surface area contributed by atoms with Crippen LogP contribution in [-0.2, 0) is 11.3 Å². The first-order valence-corrected chi connectivity index (χ1v) is 8.51. The zero-order valence-electron chi connectivity index (χ0n) is 14.2. The number of benzene rings is 1. The van der Waals surface area contributed by atoms with E-state index in [9.17, 15) is 18.0 Å². The van der Waals surface area contributed by atoms with E-state index in [1.54, 1.807) is 11.9 Å². The molecule has 1 rings (SSSR count). The summed E-state index contributed by atoms with van der Waals surface area (Å²) < 4.78 is 37.3. The lowest BCUT2D eigenvalue weighted by atomic mass is 10.2. The summed E-state index contributed by atoms with van der Waals surface area (Å²) in [4.78, 5) is 17.6. The number of nitrogens with one attached hydrogen (secondary N) is 2. The number of hydrogen-bond donors (Lipinski definition) is 2. The van der Waals surface area contributed by atoms with Gasteiger partial charge in [0.15, 0.2) is 5.96 Å². The summed E-state index contributed by atoms with van der Waals surface area (Å²) in [7, 11) is 3.17. The predicted molar refractivity (Wildman–Crippen MR) is 95.3 cm³/mol. The summed E-state index contributed by atoms with van der Waals surface area (Å²) >= 11 is 3.44. The number of nitrogens with zero attached hydrogens (tertiary/aromatic N) is 2. The molecule has 0 aliphatic heterocycles. The molecule has 25 heavy (non-hydrogen) atoms. The van der Waals surface area contributed by atoms with Crippen LogP contribution in [0.3, 0.4) is 0 Å². The van der Waals surface area contributed by atoms with Crippen LogP contribution in [0.1, 0.15) is 18.4 Å². The summed E-state index contributed by atoms with van der Waals surface area (Å²) in [5.74, 6) is 0.166. The standard InChI is InChI=1S/C16H22BrF3N4O/c1-21-15(23-10-8-16(18,19)20)22-9-7-14(25)24(2)11-12-5-3-4-6-13(12)17/h3-6H,7-11H2,1-2H3,(H2,21,22,23). The Balaban J connectivity index is 2.34. The van der Waals surface area contributed by atoms with Gasteiger partial charge in [-0.3, -0.25) is 9.79 Å². The van der Waals surface area contributed by atoms with Crippen LogP contribution in [0.15, 0.2) is 33.7 Å². The molecule has 0 heterocycles. The second-order valence-electron chi connectivity index (χ2n) is 5.38. The molecule has 0 aliphatic rings. The second kappa shape index (κ2) is 10.3. The summed E-state index contributed by atoms with van der Waals surface area (Å²) in [6, 6.07) is 7.64. The lowest BCUT2D eigenvalue weighted by Crippen LogP contribution is -2.40. The third-order valence-electron chi connectivity index (χ3n) is 3.35. The molecule has 0 aromatic heterocycles. The Kier molecular flexibility index (Phi) is 8.74. The van der Waals surface area contributed by atoms with Gasteiger partial charge in [-0.25, -0.2) is 0 Å². The van der Waals surface area contributed by atoms with Gasteiger partial charge in [-0.05, 0) is 11.6 Å². The van der Waals surface area contributed by atoms with Gasteiger partial charge in [0.25, 0.3) is 0 Å². The number of amides is 1. The molecule has 1 amide bonds. The van der Waals surface area contributed by atoms with Gasteiger partial charge in [0, 0.05) is 44.6 Å². The van der Waals surface area contributed by atoms with Crippen LogP contribution < -0.4 is 10.6 Å². The molecule has 0 radical (unpaired) electrons.